The van der Waals surface area contributed by atoms with Crippen LogP contribution in [0, 0.1) is 0 Å². The van der Waals surface area contributed by atoms with Gasteiger partial charge in [0.1, 0.15) is 13.2 Å². The fourth-order valence-corrected chi connectivity index (χ4v) is 1.59. The summed E-state index contributed by atoms with van der Waals surface area (Å²) in [5.41, 5.74) is 2.90. The zero-order chi connectivity index (χ0) is 9.97. The Bertz CT molecular complexity index is 343. The summed E-state index contributed by atoms with van der Waals surface area (Å²) in [6.07, 6.45) is 0. The van der Waals surface area contributed by atoms with Crippen molar-refractivity contribution in [3.05, 3.63) is 22.7 Å². The SMILES string of the molecule is ONCc1ccc(Cl)c2c1OCCO2. The second-order valence-electron chi connectivity index (χ2n) is 2.90. The number of benzene rings is 1. The minimum absolute atomic E-state index is 0.308. The number of rotatable bonds is 2. The van der Waals surface area contributed by atoms with E-state index in [4.69, 9.17) is 26.3 Å². The molecule has 1 aromatic carbocycles. The van der Waals surface area contributed by atoms with E-state index < -0.39 is 0 Å². The third-order valence-corrected chi connectivity index (χ3v) is 2.29. The molecule has 1 aliphatic rings. The lowest BCUT2D eigenvalue weighted by atomic mass is 10.2. The van der Waals surface area contributed by atoms with E-state index >= 15 is 0 Å². The van der Waals surface area contributed by atoms with Crippen molar-refractivity contribution in [2.75, 3.05) is 13.2 Å². The molecule has 1 aromatic rings. The molecule has 2 N–H and O–H groups in total. The van der Waals surface area contributed by atoms with Gasteiger partial charge in [-0.1, -0.05) is 17.7 Å². The van der Waals surface area contributed by atoms with Crippen molar-refractivity contribution in [2.45, 2.75) is 6.54 Å². The smallest absolute Gasteiger partial charge is 0.180 e. The molecule has 2 rings (SSSR count). The van der Waals surface area contributed by atoms with Crippen LogP contribution in [-0.2, 0) is 6.54 Å². The van der Waals surface area contributed by atoms with Crippen molar-refractivity contribution in [3.63, 3.8) is 0 Å². The van der Waals surface area contributed by atoms with Crippen molar-refractivity contribution in [3.8, 4) is 11.5 Å². The fourth-order valence-electron chi connectivity index (χ4n) is 1.38. The van der Waals surface area contributed by atoms with Crippen LogP contribution in [-0.4, -0.2) is 18.4 Å². The van der Waals surface area contributed by atoms with Crippen LogP contribution in [0.3, 0.4) is 0 Å². The normalized spacial score (nSPS) is 14.1. The number of ether oxygens (including phenoxy) is 2. The van der Waals surface area contributed by atoms with Gasteiger partial charge in [-0.3, -0.25) is 0 Å². The monoisotopic (exact) mass is 215 g/mol. The molecular weight excluding hydrogens is 206 g/mol. The van der Waals surface area contributed by atoms with E-state index in [1.165, 1.54) is 0 Å². The van der Waals surface area contributed by atoms with Gasteiger partial charge in [0, 0.05) is 12.1 Å². The Morgan fingerprint density at radius 1 is 1.29 bits per heavy atom. The molecular formula is C9H10ClNO3. The maximum absolute atomic E-state index is 8.61. The van der Waals surface area contributed by atoms with Gasteiger partial charge in [0.15, 0.2) is 11.5 Å². The van der Waals surface area contributed by atoms with Gasteiger partial charge in [-0.2, -0.15) is 0 Å². The van der Waals surface area contributed by atoms with Gasteiger partial charge in [-0.25, -0.2) is 5.48 Å². The fraction of sp³-hybridized carbons (Fsp3) is 0.333. The molecule has 0 spiro atoms. The summed E-state index contributed by atoms with van der Waals surface area (Å²) < 4.78 is 10.8. The molecule has 0 fully saturated rings. The first-order chi connectivity index (χ1) is 6.83. The number of hydroxylamine groups is 1. The standard InChI is InChI=1S/C9H10ClNO3/c10-7-2-1-6(5-11-12)8-9(7)14-4-3-13-8/h1-2,11-12H,3-5H2. The third kappa shape index (κ3) is 1.64. The highest BCUT2D eigenvalue weighted by atomic mass is 35.5. The van der Waals surface area contributed by atoms with E-state index in [-0.39, 0.29) is 0 Å². The lowest BCUT2D eigenvalue weighted by molar-refractivity contribution is 0.150. The van der Waals surface area contributed by atoms with Crippen molar-refractivity contribution in [2.24, 2.45) is 0 Å². The molecule has 1 heterocycles. The zero-order valence-corrected chi connectivity index (χ0v) is 8.17. The van der Waals surface area contributed by atoms with Gasteiger partial charge in [0.05, 0.1) is 5.02 Å². The molecule has 0 aromatic heterocycles. The Morgan fingerprint density at radius 3 is 2.71 bits per heavy atom. The summed E-state index contributed by atoms with van der Waals surface area (Å²) in [5.74, 6) is 1.18. The van der Waals surface area contributed by atoms with E-state index in [9.17, 15) is 0 Å². The summed E-state index contributed by atoms with van der Waals surface area (Å²) in [6.45, 7) is 1.32. The van der Waals surface area contributed by atoms with Gasteiger partial charge < -0.3 is 14.7 Å². The summed E-state index contributed by atoms with van der Waals surface area (Å²) in [7, 11) is 0. The van der Waals surface area contributed by atoms with Crippen molar-refractivity contribution in [1.82, 2.24) is 5.48 Å². The molecule has 14 heavy (non-hydrogen) atoms. The number of hydrogen-bond acceptors (Lipinski definition) is 4. The molecule has 1 aliphatic heterocycles. The Labute approximate surface area is 86.3 Å². The van der Waals surface area contributed by atoms with Crippen LogP contribution in [0.15, 0.2) is 12.1 Å². The third-order valence-electron chi connectivity index (χ3n) is 1.99. The molecule has 0 unspecified atom stereocenters. The number of nitrogens with one attached hydrogen (secondary N) is 1. The molecule has 0 saturated heterocycles. The lowest BCUT2D eigenvalue weighted by Crippen LogP contribution is -2.18. The summed E-state index contributed by atoms with van der Waals surface area (Å²) in [6, 6.07) is 3.51. The van der Waals surface area contributed by atoms with Gasteiger partial charge in [0.25, 0.3) is 0 Å². The van der Waals surface area contributed by atoms with Gasteiger partial charge >= 0.3 is 0 Å². The van der Waals surface area contributed by atoms with E-state index in [1.807, 2.05) is 0 Å². The molecule has 76 valence electrons. The van der Waals surface area contributed by atoms with Crippen LogP contribution in [0.4, 0.5) is 0 Å². The quantitative estimate of drug-likeness (QED) is 0.736. The van der Waals surface area contributed by atoms with E-state index in [2.05, 4.69) is 5.48 Å². The topological polar surface area (TPSA) is 50.7 Å². The minimum atomic E-state index is 0.308. The molecule has 0 bridgehead atoms. The Hall–Kier alpha value is -0.970. The summed E-state index contributed by atoms with van der Waals surface area (Å²) in [4.78, 5) is 0. The van der Waals surface area contributed by atoms with Crippen molar-refractivity contribution >= 4 is 11.6 Å². The lowest BCUT2D eigenvalue weighted by Gasteiger charge is -2.21. The second kappa shape index (κ2) is 4.04. The first kappa shape index (κ1) is 9.58. The average molecular weight is 216 g/mol. The Kier molecular flexibility index (Phi) is 2.77. The van der Waals surface area contributed by atoms with E-state index in [0.717, 1.165) is 5.56 Å². The highest BCUT2D eigenvalue weighted by Crippen LogP contribution is 2.39. The van der Waals surface area contributed by atoms with Gasteiger partial charge in [-0.15, -0.1) is 0 Å². The summed E-state index contributed by atoms with van der Waals surface area (Å²) >= 11 is 5.93. The van der Waals surface area contributed by atoms with Crippen LogP contribution in [0.1, 0.15) is 5.56 Å². The second-order valence-corrected chi connectivity index (χ2v) is 3.30. The number of halogens is 1. The van der Waals surface area contributed by atoms with Crippen molar-refractivity contribution < 1.29 is 14.7 Å². The first-order valence-corrected chi connectivity index (χ1v) is 4.64. The molecule has 0 radical (unpaired) electrons. The molecule has 0 saturated carbocycles. The predicted molar refractivity (Wildman–Crippen MR) is 51.1 cm³/mol. The summed E-state index contributed by atoms with van der Waals surface area (Å²) in [5, 5.41) is 9.14. The van der Waals surface area contributed by atoms with Crippen molar-refractivity contribution in [1.29, 1.82) is 0 Å². The zero-order valence-electron chi connectivity index (χ0n) is 7.42. The first-order valence-electron chi connectivity index (χ1n) is 4.27. The van der Waals surface area contributed by atoms with Crippen LogP contribution >= 0.6 is 11.6 Å². The van der Waals surface area contributed by atoms with Crippen LogP contribution < -0.4 is 15.0 Å². The molecule has 5 heteroatoms. The van der Waals surface area contributed by atoms with Gasteiger partial charge in [0.2, 0.25) is 0 Å². The molecule has 0 atom stereocenters. The van der Waals surface area contributed by atoms with Gasteiger partial charge in [-0.05, 0) is 6.07 Å². The van der Waals surface area contributed by atoms with Crippen LogP contribution in [0.25, 0.3) is 0 Å². The molecule has 4 nitrogen and oxygen atoms in total. The van der Waals surface area contributed by atoms with Crippen LogP contribution in [0.2, 0.25) is 5.02 Å². The average Bonchev–Trinajstić information content (AvgIpc) is 2.23. The largest absolute Gasteiger partial charge is 0.486 e. The maximum atomic E-state index is 8.61. The minimum Gasteiger partial charge on any atom is -0.486 e. The molecule has 0 aliphatic carbocycles. The Morgan fingerprint density at radius 2 is 2.00 bits per heavy atom. The van der Waals surface area contributed by atoms with E-state index in [0.29, 0.717) is 36.3 Å². The number of fused-ring (bicyclic) bond motifs is 1. The molecule has 0 amide bonds. The maximum Gasteiger partial charge on any atom is 0.180 e. The van der Waals surface area contributed by atoms with Crippen LogP contribution in [0.5, 0.6) is 11.5 Å². The van der Waals surface area contributed by atoms with E-state index in [1.54, 1.807) is 12.1 Å². The Balaban J connectivity index is 2.42. The predicted octanol–water partition coefficient (Wildman–Crippen LogP) is 1.59. The highest BCUT2D eigenvalue weighted by Gasteiger charge is 2.18. The number of hydrogen-bond donors (Lipinski definition) is 2. The highest BCUT2D eigenvalue weighted by molar-refractivity contribution is 6.32.